The van der Waals surface area contributed by atoms with Crippen LogP contribution in [0.5, 0.6) is 5.88 Å². The summed E-state index contributed by atoms with van der Waals surface area (Å²) in [5.41, 5.74) is 4.41. The van der Waals surface area contributed by atoms with Crippen LogP contribution in [0.3, 0.4) is 0 Å². The van der Waals surface area contributed by atoms with Crippen LogP contribution in [-0.4, -0.2) is 75.1 Å². The Morgan fingerprint density at radius 3 is 2.62 bits per heavy atom. The fraction of sp³-hybridized carbons (Fsp3) is 0.469. The molecule has 5 rings (SSSR count). The van der Waals surface area contributed by atoms with Crippen molar-refractivity contribution in [2.45, 2.75) is 71.9 Å². The van der Waals surface area contributed by atoms with Crippen molar-refractivity contribution in [3.05, 3.63) is 70.2 Å². The summed E-state index contributed by atoms with van der Waals surface area (Å²) in [5.74, 6) is -1.62. The zero-order valence-electron chi connectivity index (χ0n) is 26.6. The summed E-state index contributed by atoms with van der Waals surface area (Å²) in [6.07, 6.45) is 2.04. The molecule has 0 saturated carbocycles. The van der Waals surface area contributed by atoms with Gasteiger partial charge in [0.25, 0.3) is 0 Å². The van der Waals surface area contributed by atoms with E-state index in [1.807, 2.05) is 45.0 Å². The van der Waals surface area contributed by atoms with E-state index >= 15 is 0 Å². The first-order valence-corrected chi connectivity index (χ1v) is 16.5. The molecule has 12 nitrogen and oxygen atoms in total. The molecule has 4 heterocycles. The molecule has 1 aliphatic rings. The predicted molar refractivity (Wildman–Crippen MR) is 168 cm³/mol. The van der Waals surface area contributed by atoms with Crippen molar-refractivity contribution < 1.29 is 27.8 Å². The normalized spacial score (nSPS) is 16.8. The molecule has 0 aliphatic carbocycles. The lowest BCUT2D eigenvalue weighted by molar-refractivity contribution is -0.147. The predicted octanol–water partition coefficient (Wildman–Crippen LogP) is 4.40. The smallest absolute Gasteiger partial charge is 0.310 e. The first-order chi connectivity index (χ1) is 21.4. The number of ether oxygens (including phenoxy) is 2. The van der Waals surface area contributed by atoms with Crippen molar-refractivity contribution in [1.29, 1.82) is 0 Å². The zero-order chi connectivity index (χ0) is 32.5. The molecule has 13 heteroatoms. The van der Waals surface area contributed by atoms with E-state index in [0.29, 0.717) is 48.6 Å². The van der Waals surface area contributed by atoms with Crippen molar-refractivity contribution in [2.24, 2.45) is 5.41 Å². The number of pyridine rings is 2. The average Bonchev–Trinajstić information content (AvgIpc) is 3.42. The van der Waals surface area contributed by atoms with Crippen LogP contribution in [0.4, 0.5) is 0 Å². The third-order valence-electron chi connectivity index (χ3n) is 8.45. The maximum Gasteiger partial charge on any atom is 0.310 e. The second-order valence-corrected chi connectivity index (χ2v) is 13.9. The van der Waals surface area contributed by atoms with Crippen LogP contribution in [-0.2, 0) is 32.6 Å². The van der Waals surface area contributed by atoms with Crippen LogP contribution >= 0.6 is 0 Å². The lowest BCUT2D eigenvalue weighted by Gasteiger charge is -2.32. The fourth-order valence-electron chi connectivity index (χ4n) is 5.73. The van der Waals surface area contributed by atoms with Gasteiger partial charge in [-0.1, -0.05) is 17.3 Å². The van der Waals surface area contributed by atoms with Gasteiger partial charge in [-0.3, -0.25) is 9.78 Å². The molecule has 240 valence electrons. The Balaban J connectivity index is 1.61. The van der Waals surface area contributed by atoms with Crippen molar-refractivity contribution in [3.8, 4) is 5.88 Å². The standard InChI is InChI=1S/C32H40N6O6S/c1-7-38-26-12-10-23(22(4)29(26)35-36-38)28(32(5,6)31(39)40)24-11-9-21(3)25(34-24)19-37-13-8-14-43-15-16-44-30-27(45(37,41)42)17-20(2)18-33-30/h9-12,17-18,28H,7-8,13-16,19H2,1-6H3,(H,39,40)/t28-/m1/s1. The summed E-state index contributed by atoms with van der Waals surface area (Å²) in [7, 11) is -4.06. The number of carboxylic acid groups (broad SMARTS) is 1. The van der Waals surface area contributed by atoms with E-state index in [2.05, 4.69) is 15.3 Å². The van der Waals surface area contributed by atoms with Gasteiger partial charge in [-0.25, -0.2) is 18.1 Å². The molecule has 0 amide bonds. The summed E-state index contributed by atoms with van der Waals surface area (Å²) in [4.78, 5) is 22.0. The Hall–Kier alpha value is -3.94. The monoisotopic (exact) mass is 636 g/mol. The molecule has 0 spiro atoms. The molecule has 0 radical (unpaired) electrons. The summed E-state index contributed by atoms with van der Waals surface area (Å²) in [5, 5.41) is 19.0. The topological polar surface area (TPSA) is 150 Å². The molecule has 1 aromatic carbocycles. The van der Waals surface area contributed by atoms with Crippen LogP contribution < -0.4 is 4.74 Å². The molecule has 4 aromatic rings. The summed E-state index contributed by atoms with van der Waals surface area (Å²) >= 11 is 0. The second-order valence-electron chi connectivity index (χ2n) is 12.0. The average molecular weight is 637 g/mol. The highest BCUT2D eigenvalue weighted by molar-refractivity contribution is 7.89. The minimum absolute atomic E-state index is 0.00727. The molecule has 1 aliphatic heterocycles. The molecular formula is C32H40N6O6S. The van der Waals surface area contributed by atoms with Crippen LogP contribution in [0.1, 0.15) is 66.8 Å². The van der Waals surface area contributed by atoms with E-state index in [-0.39, 0.29) is 30.5 Å². The van der Waals surface area contributed by atoms with Crippen LogP contribution in [0.25, 0.3) is 11.0 Å². The van der Waals surface area contributed by atoms with Gasteiger partial charge in [0.15, 0.2) is 0 Å². The van der Waals surface area contributed by atoms with E-state index in [1.165, 1.54) is 4.31 Å². The molecule has 1 N–H and O–H groups in total. The summed E-state index contributed by atoms with van der Waals surface area (Å²) < 4.78 is 42.8. The quantitative estimate of drug-likeness (QED) is 0.309. The third kappa shape index (κ3) is 6.29. The Kier molecular flexibility index (Phi) is 9.24. The highest BCUT2D eigenvalue weighted by atomic mass is 32.2. The van der Waals surface area contributed by atoms with Gasteiger partial charge >= 0.3 is 5.97 Å². The Labute approximate surface area is 263 Å². The van der Waals surface area contributed by atoms with Gasteiger partial charge in [0, 0.05) is 37.5 Å². The number of nitrogens with zero attached hydrogens (tertiary/aromatic N) is 6. The van der Waals surface area contributed by atoms with Gasteiger partial charge in [0.2, 0.25) is 15.9 Å². The summed E-state index contributed by atoms with van der Waals surface area (Å²) in [6.45, 7) is 12.6. The number of hydrogen-bond donors (Lipinski definition) is 1. The lowest BCUT2D eigenvalue weighted by Crippen LogP contribution is -2.35. The molecule has 0 fully saturated rings. The van der Waals surface area contributed by atoms with Gasteiger partial charge in [0.05, 0.1) is 29.8 Å². The number of aliphatic carboxylic acids is 1. The number of sulfonamides is 1. The van der Waals surface area contributed by atoms with Gasteiger partial charge in [-0.15, -0.1) is 5.10 Å². The van der Waals surface area contributed by atoms with Crippen molar-refractivity contribution in [3.63, 3.8) is 0 Å². The second kappa shape index (κ2) is 12.8. The number of benzene rings is 1. The SMILES string of the molecule is CCn1nnc2c(C)c([C@H](c3ccc(C)c(CN4CCCOCCOc5ncc(C)cc5S4(=O)=O)n3)C(C)(C)C(=O)O)ccc21. The van der Waals surface area contributed by atoms with Gasteiger partial charge in [-0.2, -0.15) is 4.31 Å². The van der Waals surface area contributed by atoms with E-state index in [1.54, 1.807) is 37.7 Å². The Morgan fingerprint density at radius 2 is 1.89 bits per heavy atom. The van der Waals surface area contributed by atoms with Gasteiger partial charge < -0.3 is 14.6 Å². The van der Waals surface area contributed by atoms with Crippen LogP contribution in [0.2, 0.25) is 0 Å². The number of rotatable bonds is 7. The Bertz CT molecular complexity index is 1840. The molecule has 1 atom stereocenters. The highest BCUT2D eigenvalue weighted by Gasteiger charge is 2.41. The number of hydrogen-bond acceptors (Lipinski definition) is 9. The van der Waals surface area contributed by atoms with E-state index in [4.69, 9.17) is 14.5 Å². The number of aromatic nitrogens is 5. The summed E-state index contributed by atoms with van der Waals surface area (Å²) in [6, 6.07) is 9.11. The maximum atomic E-state index is 14.2. The Morgan fingerprint density at radius 1 is 1.11 bits per heavy atom. The van der Waals surface area contributed by atoms with Gasteiger partial charge in [0.1, 0.15) is 17.0 Å². The first-order valence-electron chi connectivity index (χ1n) is 15.1. The number of aryl methyl sites for hydroxylation is 4. The van der Waals surface area contributed by atoms with E-state index in [9.17, 15) is 18.3 Å². The number of fused-ring (bicyclic) bond motifs is 2. The van der Waals surface area contributed by atoms with Gasteiger partial charge in [-0.05, 0) is 88.4 Å². The molecule has 0 bridgehead atoms. The van der Waals surface area contributed by atoms with Crippen molar-refractivity contribution in [2.75, 3.05) is 26.4 Å². The zero-order valence-corrected chi connectivity index (χ0v) is 27.4. The molecule has 45 heavy (non-hydrogen) atoms. The number of carboxylic acids is 1. The lowest BCUT2D eigenvalue weighted by atomic mass is 9.71. The van der Waals surface area contributed by atoms with E-state index < -0.39 is 27.3 Å². The number of carbonyl (C=O) groups is 1. The van der Waals surface area contributed by atoms with Crippen LogP contribution in [0.15, 0.2) is 41.4 Å². The minimum atomic E-state index is -4.06. The first kappa shape index (κ1) is 32.5. The highest BCUT2D eigenvalue weighted by Crippen LogP contribution is 2.43. The largest absolute Gasteiger partial charge is 0.481 e. The maximum absolute atomic E-state index is 14.2. The van der Waals surface area contributed by atoms with Crippen LogP contribution in [0, 0.1) is 26.2 Å². The third-order valence-corrected chi connectivity index (χ3v) is 10.3. The fourth-order valence-corrected chi connectivity index (χ4v) is 7.34. The molecular weight excluding hydrogens is 596 g/mol. The van der Waals surface area contributed by atoms with E-state index in [0.717, 1.165) is 22.2 Å². The minimum Gasteiger partial charge on any atom is -0.481 e. The molecule has 3 aromatic heterocycles. The molecule has 0 unspecified atom stereocenters. The molecule has 0 saturated heterocycles. The van der Waals surface area contributed by atoms with Crippen molar-refractivity contribution in [1.82, 2.24) is 29.3 Å². The van der Waals surface area contributed by atoms with Crippen molar-refractivity contribution >= 4 is 27.0 Å².